The molecule has 6 nitrogen and oxygen atoms in total. The van der Waals surface area contributed by atoms with Crippen LogP contribution in [0.5, 0.6) is 0 Å². The number of ketones is 2. The lowest BCUT2D eigenvalue weighted by atomic mass is 9.38. The summed E-state index contributed by atoms with van der Waals surface area (Å²) in [6.45, 7) is 10.2. The number of fused-ring (bicyclic) bond motifs is 7. The van der Waals surface area contributed by atoms with Gasteiger partial charge in [0.25, 0.3) is 0 Å². The topological polar surface area (TPSA) is 104 Å². The van der Waals surface area contributed by atoms with Gasteiger partial charge in [-0.15, -0.1) is 0 Å². The minimum atomic E-state index is -1.06. The van der Waals surface area contributed by atoms with Crippen LogP contribution < -0.4 is 0 Å². The number of methoxy groups -OCH3 is 1. The molecule has 3 fully saturated rings. The van der Waals surface area contributed by atoms with Gasteiger partial charge >= 0.3 is 5.97 Å². The van der Waals surface area contributed by atoms with Gasteiger partial charge in [0.05, 0.1) is 30.1 Å². The van der Waals surface area contributed by atoms with Crippen molar-refractivity contribution < 1.29 is 24.2 Å². The van der Waals surface area contributed by atoms with E-state index in [0.29, 0.717) is 0 Å². The third-order valence-corrected chi connectivity index (χ3v) is 11.8. The van der Waals surface area contributed by atoms with Gasteiger partial charge in [-0.05, 0) is 86.5 Å². The summed E-state index contributed by atoms with van der Waals surface area (Å²) in [7, 11) is 1.46. The summed E-state index contributed by atoms with van der Waals surface area (Å²) in [5.74, 6) is -0.790. The van der Waals surface area contributed by atoms with Crippen molar-refractivity contribution in [2.45, 2.75) is 79.6 Å². The van der Waals surface area contributed by atoms with Crippen LogP contribution in [0.15, 0.2) is 23.3 Å². The van der Waals surface area contributed by atoms with E-state index in [0.717, 1.165) is 50.5 Å². The smallest absolute Gasteiger partial charge is 0.312 e. The number of Topliss-reactive ketones (excluding diaryl/α,β-unsaturated/α-hetero) is 1. The number of hydrogen-bond donors (Lipinski definition) is 1. The summed E-state index contributed by atoms with van der Waals surface area (Å²) in [4.78, 5) is 40.7. The van der Waals surface area contributed by atoms with E-state index < -0.39 is 16.2 Å². The Morgan fingerprint density at radius 3 is 2.41 bits per heavy atom. The fourth-order valence-electron chi connectivity index (χ4n) is 9.84. The van der Waals surface area contributed by atoms with E-state index in [2.05, 4.69) is 33.8 Å². The number of aliphatic hydroxyl groups excluding tert-OH is 1. The summed E-state index contributed by atoms with van der Waals surface area (Å²) < 4.78 is 5.36. The van der Waals surface area contributed by atoms with E-state index in [4.69, 9.17) is 4.74 Å². The minimum absolute atomic E-state index is 0.0516. The first-order valence-electron chi connectivity index (χ1n) is 13.9. The van der Waals surface area contributed by atoms with Crippen LogP contribution in [0, 0.1) is 62.1 Å². The van der Waals surface area contributed by atoms with Crippen molar-refractivity contribution in [2.75, 3.05) is 13.7 Å². The van der Waals surface area contributed by atoms with E-state index in [9.17, 15) is 24.8 Å². The fourth-order valence-corrected chi connectivity index (χ4v) is 9.84. The van der Waals surface area contributed by atoms with Crippen molar-refractivity contribution in [3.05, 3.63) is 23.3 Å². The molecule has 200 valence electrons. The van der Waals surface area contributed by atoms with Gasteiger partial charge in [0.1, 0.15) is 6.07 Å². The molecule has 0 aromatic rings. The normalized spacial score (nSPS) is 46.2. The van der Waals surface area contributed by atoms with Gasteiger partial charge < -0.3 is 9.84 Å². The van der Waals surface area contributed by atoms with Gasteiger partial charge in [-0.1, -0.05) is 39.3 Å². The first-order valence-corrected chi connectivity index (χ1v) is 13.9. The molecule has 0 aliphatic heterocycles. The molecule has 0 saturated heterocycles. The highest BCUT2D eigenvalue weighted by Gasteiger charge is 2.67. The standard InChI is InChI=1S/C31H41NO5/c1-27(2)11-12-31(26(36)37-6)10-7-19-24(20(31)15-27)21(34)13-23-28(19,3)9-8-22-29(23,4)14-18(16-32)25(35)30(22,5)17-33/h13-14,19-20,22,24,33H,7-12,15,17H2,1-6H3/t19?,20?,22-,24?,28+,29+,30+,31-/m1/s1. The molecular weight excluding hydrogens is 466 g/mol. The molecule has 0 bridgehead atoms. The number of carbonyl (C=O) groups excluding carboxylic acids is 3. The average molecular weight is 508 g/mol. The van der Waals surface area contributed by atoms with Crippen molar-refractivity contribution in [1.82, 2.24) is 0 Å². The molecule has 5 aliphatic carbocycles. The number of rotatable bonds is 2. The second kappa shape index (κ2) is 8.12. The van der Waals surface area contributed by atoms with E-state index in [1.54, 1.807) is 13.0 Å². The molecule has 0 radical (unpaired) electrons. The van der Waals surface area contributed by atoms with Crippen LogP contribution in [-0.2, 0) is 19.1 Å². The zero-order chi connectivity index (χ0) is 27.2. The lowest BCUT2D eigenvalue weighted by Crippen LogP contribution is -2.62. The first kappa shape index (κ1) is 26.4. The average Bonchev–Trinajstić information content (AvgIpc) is 2.86. The van der Waals surface area contributed by atoms with Crippen LogP contribution in [0.3, 0.4) is 0 Å². The largest absolute Gasteiger partial charge is 0.469 e. The molecule has 0 heterocycles. The SMILES string of the molecule is COC(=O)[C@@]12CCC3C(C(=O)C=C4[C@@]3(C)CC[C@@H]3[C@]4(C)C=C(C#N)C(=O)[C@@]3(C)CO)C1CC(C)(C)CC2. The minimum Gasteiger partial charge on any atom is -0.469 e. The molecule has 3 saturated carbocycles. The van der Waals surface area contributed by atoms with E-state index in [1.807, 2.05) is 6.08 Å². The molecule has 8 atom stereocenters. The quantitative estimate of drug-likeness (QED) is 0.530. The highest BCUT2D eigenvalue weighted by molar-refractivity contribution is 6.05. The molecule has 0 spiro atoms. The van der Waals surface area contributed by atoms with Crippen LogP contribution >= 0.6 is 0 Å². The van der Waals surface area contributed by atoms with E-state index in [1.165, 1.54) is 7.11 Å². The molecule has 0 amide bonds. The Balaban J connectivity index is 1.66. The maximum absolute atomic E-state index is 14.2. The Labute approximate surface area is 220 Å². The van der Waals surface area contributed by atoms with Gasteiger partial charge in [-0.25, -0.2) is 0 Å². The molecule has 3 unspecified atom stereocenters. The third kappa shape index (κ3) is 3.28. The maximum atomic E-state index is 14.2. The zero-order valence-electron chi connectivity index (χ0n) is 23.1. The highest BCUT2D eigenvalue weighted by atomic mass is 16.5. The van der Waals surface area contributed by atoms with Crippen LogP contribution in [0.4, 0.5) is 0 Å². The van der Waals surface area contributed by atoms with Crippen LogP contribution in [0.1, 0.15) is 79.6 Å². The predicted octanol–water partition coefficient (Wildman–Crippen LogP) is 4.96. The van der Waals surface area contributed by atoms with Crippen LogP contribution in [0.25, 0.3) is 0 Å². The van der Waals surface area contributed by atoms with Gasteiger partial charge in [0, 0.05) is 11.3 Å². The highest BCUT2D eigenvalue weighted by Crippen LogP contribution is 2.70. The lowest BCUT2D eigenvalue weighted by molar-refractivity contribution is -0.178. The summed E-state index contributed by atoms with van der Waals surface area (Å²) >= 11 is 0. The van der Waals surface area contributed by atoms with Crippen molar-refractivity contribution >= 4 is 17.5 Å². The molecule has 6 heteroatoms. The number of carbonyl (C=O) groups is 3. The maximum Gasteiger partial charge on any atom is 0.312 e. The summed E-state index contributed by atoms with van der Waals surface area (Å²) in [6.07, 6.45) is 9.19. The Morgan fingerprint density at radius 2 is 1.78 bits per heavy atom. The predicted molar refractivity (Wildman–Crippen MR) is 138 cm³/mol. The van der Waals surface area contributed by atoms with Crippen molar-refractivity contribution in [3.63, 3.8) is 0 Å². The second-order valence-electron chi connectivity index (χ2n) is 14.1. The van der Waals surface area contributed by atoms with Crippen molar-refractivity contribution in [2.24, 2.45) is 50.7 Å². The molecule has 37 heavy (non-hydrogen) atoms. The lowest BCUT2D eigenvalue weighted by Gasteiger charge is -2.64. The number of aliphatic hydroxyl groups is 1. The molecule has 1 N–H and O–H groups in total. The first-order chi connectivity index (χ1) is 17.2. The van der Waals surface area contributed by atoms with Crippen LogP contribution in [-0.4, -0.2) is 36.4 Å². The second-order valence-corrected chi connectivity index (χ2v) is 14.1. The molecule has 0 aromatic heterocycles. The Hall–Kier alpha value is -2.26. The summed E-state index contributed by atoms with van der Waals surface area (Å²) in [5.41, 5.74) is -1.49. The fraction of sp³-hybridized carbons (Fsp3) is 0.742. The zero-order valence-corrected chi connectivity index (χ0v) is 23.1. The molecule has 5 rings (SSSR count). The van der Waals surface area contributed by atoms with Gasteiger partial charge in [-0.2, -0.15) is 5.26 Å². The Bertz CT molecular complexity index is 1170. The number of hydrogen-bond acceptors (Lipinski definition) is 6. The van der Waals surface area contributed by atoms with Crippen LogP contribution in [0.2, 0.25) is 0 Å². The Kier molecular flexibility index (Phi) is 5.78. The third-order valence-electron chi connectivity index (χ3n) is 11.8. The number of allylic oxidation sites excluding steroid dienone is 4. The molecule has 5 aliphatic rings. The van der Waals surface area contributed by atoms with E-state index in [-0.39, 0.29) is 64.2 Å². The summed E-state index contributed by atoms with van der Waals surface area (Å²) in [5, 5.41) is 20.2. The van der Waals surface area contributed by atoms with Crippen molar-refractivity contribution in [3.8, 4) is 6.07 Å². The van der Waals surface area contributed by atoms with Gasteiger partial charge in [0.15, 0.2) is 11.6 Å². The Morgan fingerprint density at radius 1 is 1.08 bits per heavy atom. The van der Waals surface area contributed by atoms with Gasteiger partial charge in [-0.3, -0.25) is 14.4 Å². The molecular formula is C31H41NO5. The summed E-state index contributed by atoms with van der Waals surface area (Å²) in [6, 6.07) is 2.08. The number of nitrogens with zero attached hydrogens (tertiary/aromatic N) is 1. The number of ether oxygens (including phenoxy) is 1. The van der Waals surface area contributed by atoms with Crippen molar-refractivity contribution in [1.29, 1.82) is 5.26 Å². The molecule has 0 aromatic carbocycles. The van der Waals surface area contributed by atoms with E-state index >= 15 is 0 Å². The monoisotopic (exact) mass is 507 g/mol. The number of esters is 1. The number of nitriles is 1. The van der Waals surface area contributed by atoms with Gasteiger partial charge in [0.2, 0.25) is 0 Å².